The largest absolute Gasteiger partial charge is 0.313 e. The standard InChI is InChI=1S/C15H24N2O/c1-3-16-11-13-10-9-12(2)17(15(13)18)14-7-5-4-6-8-14/h9-10,14,16H,3-8,11H2,1-2H3. The van der Waals surface area contributed by atoms with Crippen LogP contribution in [0.3, 0.4) is 0 Å². The Morgan fingerprint density at radius 3 is 2.67 bits per heavy atom. The van der Waals surface area contributed by atoms with E-state index in [0.29, 0.717) is 12.6 Å². The van der Waals surface area contributed by atoms with Gasteiger partial charge in [0.25, 0.3) is 5.56 Å². The van der Waals surface area contributed by atoms with Crippen molar-refractivity contribution in [1.82, 2.24) is 9.88 Å². The Morgan fingerprint density at radius 1 is 1.28 bits per heavy atom. The van der Waals surface area contributed by atoms with Gasteiger partial charge in [0, 0.05) is 23.8 Å². The van der Waals surface area contributed by atoms with Crippen molar-refractivity contribution in [3.63, 3.8) is 0 Å². The summed E-state index contributed by atoms with van der Waals surface area (Å²) in [5.41, 5.74) is 2.21. The zero-order valence-electron chi connectivity index (χ0n) is 11.5. The van der Waals surface area contributed by atoms with Gasteiger partial charge in [0.15, 0.2) is 0 Å². The summed E-state index contributed by atoms with van der Waals surface area (Å²) in [7, 11) is 0. The van der Waals surface area contributed by atoms with E-state index in [2.05, 4.69) is 18.3 Å². The van der Waals surface area contributed by atoms with Crippen LogP contribution in [-0.2, 0) is 6.54 Å². The molecular formula is C15H24N2O. The molecule has 1 heterocycles. The summed E-state index contributed by atoms with van der Waals surface area (Å²) < 4.78 is 2.03. The van der Waals surface area contributed by atoms with Gasteiger partial charge in [-0.2, -0.15) is 0 Å². The van der Waals surface area contributed by atoms with E-state index in [1.54, 1.807) is 0 Å². The third-order valence-electron chi connectivity index (χ3n) is 3.90. The minimum atomic E-state index is 0.211. The molecule has 1 N–H and O–H groups in total. The van der Waals surface area contributed by atoms with Gasteiger partial charge in [0.1, 0.15) is 0 Å². The number of nitrogens with one attached hydrogen (secondary N) is 1. The van der Waals surface area contributed by atoms with Crippen molar-refractivity contribution in [1.29, 1.82) is 0 Å². The Hall–Kier alpha value is -1.09. The molecule has 0 aromatic carbocycles. The van der Waals surface area contributed by atoms with Crippen molar-refractivity contribution < 1.29 is 0 Å². The van der Waals surface area contributed by atoms with Crippen LogP contribution in [-0.4, -0.2) is 11.1 Å². The van der Waals surface area contributed by atoms with Crippen molar-refractivity contribution >= 4 is 0 Å². The molecule has 0 saturated heterocycles. The van der Waals surface area contributed by atoms with E-state index in [-0.39, 0.29) is 5.56 Å². The second kappa shape index (κ2) is 6.19. The molecule has 1 aromatic heterocycles. The lowest BCUT2D eigenvalue weighted by Crippen LogP contribution is -2.32. The Bertz CT molecular complexity index is 444. The Morgan fingerprint density at radius 2 is 2.00 bits per heavy atom. The van der Waals surface area contributed by atoms with Gasteiger partial charge in [-0.15, -0.1) is 0 Å². The summed E-state index contributed by atoms with van der Waals surface area (Å²) in [5.74, 6) is 0. The van der Waals surface area contributed by atoms with Gasteiger partial charge in [-0.05, 0) is 32.4 Å². The molecule has 0 aliphatic heterocycles. The average molecular weight is 248 g/mol. The molecular weight excluding hydrogens is 224 g/mol. The van der Waals surface area contributed by atoms with Gasteiger partial charge < -0.3 is 9.88 Å². The van der Waals surface area contributed by atoms with Crippen LogP contribution in [0, 0.1) is 6.92 Å². The van der Waals surface area contributed by atoms with Crippen molar-refractivity contribution in [3.8, 4) is 0 Å². The van der Waals surface area contributed by atoms with Crippen LogP contribution in [0.15, 0.2) is 16.9 Å². The summed E-state index contributed by atoms with van der Waals surface area (Å²) in [6.45, 7) is 5.69. The number of aromatic nitrogens is 1. The average Bonchev–Trinajstić information content (AvgIpc) is 2.39. The fourth-order valence-corrected chi connectivity index (χ4v) is 2.87. The van der Waals surface area contributed by atoms with Crippen LogP contribution in [0.1, 0.15) is 56.3 Å². The first kappa shape index (κ1) is 13.3. The summed E-state index contributed by atoms with van der Waals surface area (Å²) in [6.07, 6.45) is 6.15. The lowest BCUT2D eigenvalue weighted by atomic mass is 9.94. The maximum absolute atomic E-state index is 12.5. The van der Waals surface area contributed by atoms with Crippen LogP contribution < -0.4 is 10.9 Å². The molecule has 1 aliphatic rings. The third-order valence-corrected chi connectivity index (χ3v) is 3.90. The van der Waals surface area contributed by atoms with E-state index in [1.165, 1.54) is 19.3 Å². The summed E-state index contributed by atoms with van der Waals surface area (Å²) in [4.78, 5) is 12.5. The second-order valence-electron chi connectivity index (χ2n) is 5.25. The molecule has 3 nitrogen and oxygen atoms in total. The quantitative estimate of drug-likeness (QED) is 0.889. The van der Waals surface area contributed by atoms with E-state index in [1.807, 2.05) is 17.6 Å². The van der Waals surface area contributed by atoms with E-state index in [0.717, 1.165) is 30.6 Å². The minimum Gasteiger partial charge on any atom is -0.313 e. The molecule has 1 fully saturated rings. The van der Waals surface area contributed by atoms with Crippen LogP contribution in [0.4, 0.5) is 0 Å². The molecule has 2 rings (SSSR count). The maximum atomic E-state index is 12.5. The predicted octanol–water partition coefficient (Wildman–Crippen LogP) is 2.77. The molecule has 0 spiro atoms. The highest BCUT2D eigenvalue weighted by molar-refractivity contribution is 5.16. The lowest BCUT2D eigenvalue weighted by Gasteiger charge is -2.26. The first-order chi connectivity index (χ1) is 8.74. The second-order valence-corrected chi connectivity index (χ2v) is 5.25. The fourth-order valence-electron chi connectivity index (χ4n) is 2.87. The van der Waals surface area contributed by atoms with E-state index in [9.17, 15) is 4.79 Å². The number of aryl methyl sites for hydroxylation is 1. The van der Waals surface area contributed by atoms with E-state index < -0.39 is 0 Å². The molecule has 0 atom stereocenters. The van der Waals surface area contributed by atoms with E-state index in [4.69, 9.17) is 0 Å². The molecule has 1 saturated carbocycles. The zero-order chi connectivity index (χ0) is 13.0. The first-order valence-electron chi connectivity index (χ1n) is 7.15. The molecule has 100 valence electrons. The molecule has 0 amide bonds. The highest BCUT2D eigenvalue weighted by Gasteiger charge is 2.18. The van der Waals surface area contributed by atoms with Gasteiger partial charge in [-0.1, -0.05) is 32.3 Å². The number of nitrogens with zero attached hydrogens (tertiary/aromatic N) is 1. The first-order valence-corrected chi connectivity index (χ1v) is 7.15. The topological polar surface area (TPSA) is 34.0 Å². The molecule has 1 aromatic rings. The normalized spacial score (nSPS) is 17.0. The maximum Gasteiger partial charge on any atom is 0.255 e. The molecule has 0 bridgehead atoms. The van der Waals surface area contributed by atoms with Crippen molar-refractivity contribution in [2.24, 2.45) is 0 Å². The number of hydrogen-bond acceptors (Lipinski definition) is 2. The highest BCUT2D eigenvalue weighted by atomic mass is 16.1. The van der Waals surface area contributed by atoms with Crippen LogP contribution in [0.25, 0.3) is 0 Å². The van der Waals surface area contributed by atoms with Crippen LogP contribution in [0.2, 0.25) is 0 Å². The van der Waals surface area contributed by atoms with Gasteiger partial charge in [-0.3, -0.25) is 4.79 Å². The Labute approximate surface area is 109 Å². The third kappa shape index (κ3) is 2.83. The Balaban J connectivity index is 2.29. The smallest absolute Gasteiger partial charge is 0.255 e. The lowest BCUT2D eigenvalue weighted by molar-refractivity contribution is 0.340. The van der Waals surface area contributed by atoms with Crippen LogP contribution in [0.5, 0.6) is 0 Å². The summed E-state index contributed by atoms with van der Waals surface area (Å²) >= 11 is 0. The van der Waals surface area contributed by atoms with Crippen molar-refractivity contribution in [3.05, 3.63) is 33.7 Å². The zero-order valence-corrected chi connectivity index (χ0v) is 11.5. The van der Waals surface area contributed by atoms with Gasteiger partial charge in [0.05, 0.1) is 0 Å². The van der Waals surface area contributed by atoms with Crippen molar-refractivity contribution in [2.75, 3.05) is 6.54 Å². The number of hydrogen-bond donors (Lipinski definition) is 1. The monoisotopic (exact) mass is 248 g/mol. The number of rotatable bonds is 4. The highest BCUT2D eigenvalue weighted by Crippen LogP contribution is 2.27. The SMILES string of the molecule is CCNCc1ccc(C)n(C2CCCCC2)c1=O. The van der Waals surface area contributed by atoms with Gasteiger partial charge in [-0.25, -0.2) is 0 Å². The number of pyridine rings is 1. The van der Waals surface area contributed by atoms with Crippen LogP contribution >= 0.6 is 0 Å². The van der Waals surface area contributed by atoms with Crippen molar-refractivity contribution in [2.45, 2.75) is 58.5 Å². The fraction of sp³-hybridized carbons (Fsp3) is 0.667. The summed E-state index contributed by atoms with van der Waals surface area (Å²) in [5, 5.41) is 3.24. The van der Waals surface area contributed by atoms with Gasteiger partial charge in [0.2, 0.25) is 0 Å². The molecule has 0 unspecified atom stereocenters. The molecule has 0 radical (unpaired) electrons. The molecule has 3 heteroatoms. The minimum absolute atomic E-state index is 0.211. The predicted molar refractivity (Wildman–Crippen MR) is 74.9 cm³/mol. The van der Waals surface area contributed by atoms with Gasteiger partial charge >= 0.3 is 0 Å². The summed E-state index contributed by atoms with van der Waals surface area (Å²) in [6, 6.07) is 4.48. The Kier molecular flexibility index (Phi) is 4.59. The molecule has 1 aliphatic carbocycles. The molecule has 18 heavy (non-hydrogen) atoms. The van der Waals surface area contributed by atoms with E-state index >= 15 is 0 Å².